The molecule has 0 aliphatic carbocycles. The molecule has 0 amide bonds. The zero-order chi connectivity index (χ0) is 20.1. The zero-order valence-corrected chi connectivity index (χ0v) is 15.4. The van der Waals surface area contributed by atoms with Gasteiger partial charge in [-0.2, -0.15) is 0 Å². The first kappa shape index (κ1) is 18.7. The van der Waals surface area contributed by atoms with Crippen LogP contribution in [0.3, 0.4) is 0 Å². The number of ether oxygens (including phenoxy) is 1. The van der Waals surface area contributed by atoms with Gasteiger partial charge in [0.2, 0.25) is 5.88 Å². The maximum Gasteiger partial charge on any atom is 0.232 e. The average molecular weight is 389 g/mol. The molecule has 2 aromatic carbocycles. The van der Waals surface area contributed by atoms with Gasteiger partial charge in [-0.05, 0) is 66.2 Å². The van der Waals surface area contributed by atoms with Crippen LogP contribution < -0.4 is 4.74 Å². The van der Waals surface area contributed by atoms with E-state index in [0.29, 0.717) is 41.4 Å². The Morgan fingerprint density at radius 1 is 0.724 bits per heavy atom. The van der Waals surface area contributed by atoms with Crippen LogP contribution in [0.15, 0.2) is 79.3 Å². The summed E-state index contributed by atoms with van der Waals surface area (Å²) < 4.78 is 32.5. The van der Waals surface area contributed by atoms with Crippen molar-refractivity contribution in [3.63, 3.8) is 0 Å². The van der Waals surface area contributed by atoms with Gasteiger partial charge < -0.3 is 4.74 Å². The summed E-state index contributed by atoms with van der Waals surface area (Å²) >= 11 is 0. The molecule has 4 rings (SSSR count). The Bertz CT molecular complexity index is 1090. The minimum absolute atomic E-state index is 0.332. The third kappa shape index (κ3) is 4.60. The fourth-order valence-electron chi connectivity index (χ4n) is 2.89. The van der Waals surface area contributed by atoms with E-state index in [1.54, 1.807) is 36.7 Å². The summed E-state index contributed by atoms with van der Waals surface area (Å²) in [6.45, 7) is 0.428. The number of nitrogens with zero attached hydrogens (tertiary/aromatic N) is 3. The molecule has 0 fully saturated rings. The molecule has 0 atom stereocenters. The summed E-state index contributed by atoms with van der Waals surface area (Å²) in [5, 5.41) is 0. The Kier molecular flexibility index (Phi) is 5.52. The first-order chi connectivity index (χ1) is 14.2. The van der Waals surface area contributed by atoms with E-state index in [9.17, 15) is 8.78 Å². The molecule has 0 aliphatic rings. The van der Waals surface area contributed by atoms with Crippen molar-refractivity contribution in [3.05, 3.63) is 96.5 Å². The molecule has 4 nitrogen and oxygen atoms in total. The van der Waals surface area contributed by atoms with Crippen molar-refractivity contribution < 1.29 is 13.5 Å². The van der Waals surface area contributed by atoms with Gasteiger partial charge in [0.25, 0.3) is 0 Å². The zero-order valence-electron chi connectivity index (χ0n) is 15.4. The van der Waals surface area contributed by atoms with Crippen molar-refractivity contribution in [2.75, 3.05) is 6.61 Å². The van der Waals surface area contributed by atoms with E-state index < -0.39 is 0 Å². The van der Waals surface area contributed by atoms with E-state index in [1.165, 1.54) is 30.5 Å². The van der Waals surface area contributed by atoms with Crippen LogP contribution in [0.5, 0.6) is 5.88 Å². The van der Waals surface area contributed by atoms with Crippen LogP contribution >= 0.6 is 0 Å². The van der Waals surface area contributed by atoms with E-state index in [4.69, 9.17) is 4.74 Å². The van der Waals surface area contributed by atoms with Gasteiger partial charge in [-0.1, -0.05) is 0 Å². The quantitative estimate of drug-likeness (QED) is 0.460. The maximum atomic E-state index is 13.4. The number of halogens is 2. The Labute approximate surface area is 166 Å². The third-order valence-corrected chi connectivity index (χ3v) is 4.38. The second-order valence-corrected chi connectivity index (χ2v) is 6.37. The lowest BCUT2D eigenvalue weighted by Crippen LogP contribution is -2.04. The highest BCUT2D eigenvalue weighted by molar-refractivity contribution is 5.77. The second-order valence-electron chi connectivity index (χ2n) is 6.37. The Morgan fingerprint density at radius 2 is 1.31 bits per heavy atom. The number of pyridine rings is 1. The molecule has 0 radical (unpaired) electrons. The maximum absolute atomic E-state index is 13.4. The van der Waals surface area contributed by atoms with Crippen LogP contribution in [-0.4, -0.2) is 21.6 Å². The van der Waals surface area contributed by atoms with Crippen molar-refractivity contribution >= 4 is 0 Å². The fourth-order valence-corrected chi connectivity index (χ4v) is 2.89. The normalized spacial score (nSPS) is 10.7. The Morgan fingerprint density at radius 3 is 1.93 bits per heavy atom. The van der Waals surface area contributed by atoms with Gasteiger partial charge in [0, 0.05) is 29.9 Å². The van der Waals surface area contributed by atoms with Crippen molar-refractivity contribution in [1.29, 1.82) is 0 Å². The van der Waals surface area contributed by atoms with Crippen molar-refractivity contribution in [1.82, 2.24) is 15.0 Å². The predicted octanol–water partition coefficient (Wildman–Crippen LogP) is 5.11. The van der Waals surface area contributed by atoms with Crippen LogP contribution in [0, 0.1) is 11.6 Å². The predicted molar refractivity (Wildman–Crippen MR) is 106 cm³/mol. The van der Waals surface area contributed by atoms with Crippen molar-refractivity contribution in [3.8, 4) is 28.4 Å². The highest BCUT2D eigenvalue weighted by Crippen LogP contribution is 2.30. The van der Waals surface area contributed by atoms with Gasteiger partial charge >= 0.3 is 0 Å². The molecule has 0 bridgehead atoms. The number of hydrogen-bond acceptors (Lipinski definition) is 4. The molecule has 29 heavy (non-hydrogen) atoms. The van der Waals surface area contributed by atoms with E-state index in [2.05, 4.69) is 15.0 Å². The molecule has 0 saturated carbocycles. The molecule has 0 aliphatic heterocycles. The third-order valence-electron chi connectivity index (χ3n) is 4.38. The summed E-state index contributed by atoms with van der Waals surface area (Å²) in [5.74, 6) is -0.305. The van der Waals surface area contributed by atoms with Crippen molar-refractivity contribution in [2.45, 2.75) is 6.42 Å². The summed E-state index contributed by atoms with van der Waals surface area (Å²) in [5.41, 5.74) is 3.62. The monoisotopic (exact) mass is 389 g/mol. The number of aromatic nitrogens is 3. The number of benzene rings is 2. The van der Waals surface area contributed by atoms with Crippen LogP contribution in [0.4, 0.5) is 8.78 Å². The molecular weight excluding hydrogens is 372 g/mol. The van der Waals surface area contributed by atoms with Gasteiger partial charge in [0.15, 0.2) is 0 Å². The minimum Gasteiger partial charge on any atom is -0.476 e. The molecule has 0 saturated heterocycles. The van der Waals surface area contributed by atoms with E-state index >= 15 is 0 Å². The first-order valence-corrected chi connectivity index (χ1v) is 9.10. The summed E-state index contributed by atoms with van der Waals surface area (Å²) in [6.07, 6.45) is 5.71. The van der Waals surface area contributed by atoms with Gasteiger partial charge in [-0.15, -0.1) is 0 Å². The van der Waals surface area contributed by atoms with Crippen LogP contribution in [0.25, 0.3) is 22.5 Å². The fraction of sp³-hybridized carbons (Fsp3) is 0.0870. The average Bonchev–Trinajstić information content (AvgIpc) is 2.76. The molecule has 0 N–H and O–H groups in total. The molecular formula is C23H17F2N3O. The lowest BCUT2D eigenvalue weighted by atomic mass is 10.0. The summed E-state index contributed by atoms with van der Waals surface area (Å²) in [4.78, 5) is 13.1. The molecule has 6 heteroatoms. The van der Waals surface area contributed by atoms with Crippen LogP contribution in [-0.2, 0) is 6.42 Å². The molecule has 2 heterocycles. The SMILES string of the molecule is Fc1ccc(-c2ncc(OCCc3ccncc3)nc2-c2ccc(F)cc2)cc1. The standard InChI is InChI=1S/C23H17F2N3O/c24-19-5-1-17(2-6-19)22-23(18-3-7-20(25)8-4-18)28-21(15-27-22)29-14-11-16-9-12-26-13-10-16/h1-10,12-13,15H,11,14H2. The highest BCUT2D eigenvalue weighted by atomic mass is 19.1. The number of hydrogen-bond donors (Lipinski definition) is 0. The van der Waals surface area contributed by atoms with Gasteiger partial charge in [0.05, 0.1) is 18.5 Å². The highest BCUT2D eigenvalue weighted by Gasteiger charge is 2.13. The topological polar surface area (TPSA) is 47.9 Å². The Balaban J connectivity index is 1.63. The molecule has 0 unspecified atom stereocenters. The molecule has 144 valence electrons. The van der Waals surface area contributed by atoms with Gasteiger partial charge in [-0.25, -0.2) is 18.7 Å². The Hall–Kier alpha value is -3.67. The molecule has 0 spiro atoms. The summed E-state index contributed by atoms with van der Waals surface area (Å²) in [7, 11) is 0. The first-order valence-electron chi connectivity index (χ1n) is 9.10. The minimum atomic E-state index is -0.338. The summed E-state index contributed by atoms with van der Waals surface area (Å²) in [6, 6.07) is 15.8. The van der Waals surface area contributed by atoms with Gasteiger partial charge in [0.1, 0.15) is 17.3 Å². The van der Waals surface area contributed by atoms with E-state index in [-0.39, 0.29) is 11.6 Å². The lowest BCUT2D eigenvalue weighted by molar-refractivity contribution is 0.308. The van der Waals surface area contributed by atoms with Crippen LogP contribution in [0.1, 0.15) is 5.56 Å². The van der Waals surface area contributed by atoms with E-state index in [0.717, 1.165) is 5.56 Å². The lowest BCUT2D eigenvalue weighted by Gasteiger charge is -2.12. The smallest absolute Gasteiger partial charge is 0.232 e. The van der Waals surface area contributed by atoms with Crippen LogP contribution in [0.2, 0.25) is 0 Å². The largest absolute Gasteiger partial charge is 0.476 e. The molecule has 4 aromatic rings. The van der Waals surface area contributed by atoms with Gasteiger partial charge in [-0.3, -0.25) is 4.98 Å². The number of rotatable bonds is 6. The van der Waals surface area contributed by atoms with E-state index in [1.807, 2.05) is 12.1 Å². The molecule has 2 aromatic heterocycles. The van der Waals surface area contributed by atoms with Crippen molar-refractivity contribution in [2.24, 2.45) is 0 Å². The second kappa shape index (κ2) is 8.56.